The molecule has 178 valence electrons. The summed E-state index contributed by atoms with van der Waals surface area (Å²) in [4.78, 5) is 46.7. The monoisotopic (exact) mass is 477 g/mol. The van der Waals surface area contributed by atoms with Crippen LogP contribution in [0.25, 0.3) is 22.0 Å². The number of aromatic nitrogens is 2. The molecule has 3 heterocycles. The Kier molecular flexibility index (Phi) is 5.03. The van der Waals surface area contributed by atoms with Crippen LogP contribution in [0, 0.1) is 0 Å². The molecule has 0 aliphatic carbocycles. The molecule has 8 heteroatoms. The summed E-state index contributed by atoms with van der Waals surface area (Å²) in [6.07, 6.45) is 0. The molecule has 0 amide bonds. The predicted molar refractivity (Wildman–Crippen MR) is 137 cm³/mol. The van der Waals surface area contributed by atoms with Gasteiger partial charge in [-0.1, -0.05) is 24.3 Å². The molecule has 8 nitrogen and oxygen atoms in total. The molecule has 1 aliphatic heterocycles. The number of imidazole rings is 1. The molecule has 1 aliphatic rings. The molecule has 6 rings (SSSR count). The van der Waals surface area contributed by atoms with E-state index in [1.165, 1.54) is 0 Å². The summed E-state index contributed by atoms with van der Waals surface area (Å²) in [5.41, 5.74) is 0.171. The number of rotatable bonds is 6. The van der Waals surface area contributed by atoms with Gasteiger partial charge >= 0.3 is 5.63 Å². The molecule has 0 spiro atoms. The van der Waals surface area contributed by atoms with Crippen molar-refractivity contribution in [3.05, 3.63) is 105 Å². The van der Waals surface area contributed by atoms with Crippen LogP contribution in [0.2, 0.25) is 0 Å². The van der Waals surface area contributed by atoms with E-state index in [1.54, 1.807) is 18.2 Å². The van der Waals surface area contributed by atoms with Crippen LogP contribution in [0.15, 0.2) is 92.0 Å². The van der Waals surface area contributed by atoms with Crippen LogP contribution in [0.3, 0.4) is 0 Å². The Hall–Kier alpha value is -4.59. The molecule has 0 saturated carbocycles. The molecule has 0 saturated heterocycles. The van der Waals surface area contributed by atoms with Gasteiger partial charge in [-0.25, -0.2) is 19.8 Å². The summed E-state index contributed by atoms with van der Waals surface area (Å²) in [5, 5.41) is 1.75. The van der Waals surface area contributed by atoms with Crippen molar-refractivity contribution in [2.45, 2.75) is 19.5 Å². The lowest BCUT2D eigenvalue weighted by atomic mass is 9.98. The van der Waals surface area contributed by atoms with Crippen LogP contribution in [-0.4, -0.2) is 28.8 Å². The number of hydrogen-bond acceptors (Lipinski definition) is 7. The lowest BCUT2D eigenvalue weighted by molar-refractivity contribution is 0.0883. The van der Waals surface area contributed by atoms with E-state index < -0.39 is 17.1 Å². The van der Waals surface area contributed by atoms with Crippen molar-refractivity contribution in [2.24, 2.45) is 9.98 Å². The fourth-order valence-corrected chi connectivity index (χ4v) is 4.69. The molecule has 36 heavy (non-hydrogen) atoms. The molecule has 0 bridgehead atoms. The first-order valence-corrected chi connectivity index (χ1v) is 11.9. The second-order valence-corrected chi connectivity index (χ2v) is 8.66. The maximum Gasteiger partial charge on any atom is 0.347 e. The Bertz CT molecular complexity index is 1760. The second kappa shape index (κ2) is 8.27. The first-order chi connectivity index (χ1) is 17.5. The van der Waals surface area contributed by atoms with Crippen LogP contribution >= 0.6 is 0 Å². The van der Waals surface area contributed by atoms with Crippen molar-refractivity contribution in [3.8, 4) is 0 Å². The summed E-state index contributed by atoms with van der Waals surface area (Å²) in [7, 11) is 0. The number of nitrogens with one attached hydrogen (secondary N) is 1. The number of fused-ring (bicyclic) bond motifs is 3. The molecule has 0 unspecified atom stereocenters. The van der Waals surface area contributed by atoms with Crippen LogP contribution in [-0.2, 0) is 5.66 Å². The van der Waals surface area contributed by atoms with Gasteiger partial charge in [0.2, 0.25) is 5.78 Å². The number of ketones is 1. The molecule has 5 aromatic rings. The number of H-pyrrole nitrogens is 1. The number of hydrogen-bond donors (Lipinski definition) is 1. The summed E-state index contributed by atoms with van der Waals surface area (Å²) >= 11 is 0. The first kappa shape index (κ1) is 21.9. The summed E-state index contributed by atoms with van der Waals surface area (Å²) in [6, 6.07) is 21.9. The third kappa shape index (κ3) is 3.33. The zero-order chi connectivity index (χ0) is 24.9. The highest BCUT2D eigenvalue weighted by atomic mass is 16.4. The highest BCUT2D eigenvalue weighted by Gasteiger charge is 2.46. The van der Waals surface area contributed by atoms with Gasteiger partial charge in [-0.15, -0.1) is 0 Å². The lowest BCUT2D eigenvalue weighted by Gasteiger charge is -2.21. The molecule has 0 radical (unpaired) electrons. The topological polar surface area (TPSA) is 104 Å². The fraction of sp³-hybridized carbons (Fsp3) is 0.179. The van der Waals surface area contributed by atoms with Crippen LogP contribution < -0.4 is 21.2 Å². The lowest BCUT2D eigenvalue weighted by Crippen LogP contribution is -2.36. The first-order valence-electron chi connectivity index (χ1n) is 11.9. The number of carbonyl (C=O) groups is 1. The second-order valence-electron chi connectivity index (χ2n) is 8.66. The predicted octanol–water partition coefficient (Wildman–Crippen LogP) is 3.50. The van der Waals surface area contributed by atoms with E-state index in [1.807, 2.05) is 54.6 Å². The van der Waals surface area contributed by atoms with Crippen molar-refractivity contribution in [2.75, 3.05) is 18.0 Å². The van der Waals surface area contributed by atoms with Gasteiger partial charge < -0.3 is 14.3 Å². The van der Waals surface area contributed by atoms with Gasteiger partial charge in [-0.3, -0.25) is 4.79 Å². The standard InChI is InChI=1S/C28H23N5O3/c1-3-33(4-2)18-14-13-17-15-19(26(35)36-24(17)16-18)25(34)28(31-22-11-7-8-12-23(22)32-28)27-29-20-9-5-6-10-21(20)30-27/h5-16H,3-4H2,1-2H3,(H,29,30). The van der Waals surface area contributed by atoms with Crippen molar-refractivity contribution < 1.29 is 9.21 Å². The van der Waals surface area contributed by atoms with Crippen LogP contribution in [0.5, 0.6) is 0 Å². The minimum absolute atomic E-state index is 0.126. The summed E-state index contributed by atoms with van der Waals surface area (Å²) < 4.78 is 5.65. The van der Waals surface area contributed by atoms with Gasteiger partial charge in [0, 0.05) is 30.2 Å². The molecular formula is C28H23N5O3. The maximum absolute atomic E-state index is 14.1. The Morgan fingerprint density at radius 3 is 2.33 bits per heavy atom. The van der Waals surface area contributed by atoms with E-state index >= 15 is 0 Å². The zero-order valence-electron chi connectivity index (χ0n) is 19.9. The van der Waals surface area contributed by atoms with Crippen molar-refractivity contribution in [3.63, 3.8) is 0 Å². The normalized spacial score (nSPS) is 13.8. The average Bonchev–Trinajstić information content (AvgIpc) is 3.51. The smallest absolute Gasteiger partial charge is 0.347 e. The highest BCUT2D eigenvalue weighted by molar-refractivity contribution is 6.05. The van der Waals surface area contributed by atoms with E-state index in [-0.39, 0.29) is 11.4 Å². The van der Waals surface area contributed by atoms with Gasteiger partial charge in [0.1, 0.15) is 11.1 Å². The van der Waals surface area contributed by atoms with Crippen molar-refractivity contribution in [1.29, 1.82) is 0 Å². The molecule has 2 aromatic heterocycles. The highest BCUT2D eigenvalue weighted by Crippen LogP contribution is 2.32. The van der Waals surface area contributed by atoms with Crippen molar-refractivity contribution in [1.82, 2.24) is 9.97 Å². The van der Waals surface area contributed by atoms with Crippen LogP contribution in [0.4, 0.5) is 5.69 Å². The van der Waals surface area contributed by atoms with Gasteiger partial charge in [-0.05, 0) is 56.3 Å². The maximum atomic E-state index is 14.1. The number of carbonyl (C=O) groups excluding carboxylic acids is 1. The zero-order valence-corrected chi connectivity index (χ0v) is 19.9. The Morgan fingerprint density at radius 1 is 0.944 bits per heavy atom. The molecule has 1 N–H and O–H groups in total. The molecular weight excluding hydrogens is 454 g/mol. The quantitative estimate of drug-likeness (QED) is 0.298. The number of nitrogens with zero attached hydrogens (tertiary/aromatic N) is 4. The average molecular weight is 478 g/mol. The number of anilines is 1. The third-order valence-corrected chi connectivity index (χ3v) is 6.58. The van der Waals surface area contributed by atoms with Crippen LogP contribution in [0.1, 0.15) is 30.0 Å². The third-order valence-electron chi connectivity index (χ3n) is 6.58. The molecule has 3 aromatic carbocycles. The molecule has 0 atom stereocenters. The van der Waals surface area contributed by atoms with Crippen molar-refractivity contribution >= 4 is 33.5 Å². The van der Waals surface area contributed by atoms with E-state index in [0.717, 1.165) is 24.3 Å². The van der Waals surface area contributed by atoms with Gasteiger partial charge in [-0.2, -0.15) is 0 Å². The van der Waals surface area contributed by atoms with E-state index in [0.29, 0.717) is 27.2 Å². The molecule has 0 fully saturated rings. The number of aromatic amines is 1. The van der Waals surface area contributed by atoms with E-state index in [9.17, 15) is 9.59 Å². The van der Waals surface area contributed by atoms with Gasteiger partial charge in [0.05, 0.1) is 21.7 Å². The van der Waals surface area contributed by atoms with Gasteiger partial charge in [0.15, 0.2) is 5.82 Å². The fourth-order valence-electron chi connectivity index (χ4n) is 4.69. The number of para-hydroxylation sites is 4. The largest absolute Gasteiger partial charge is 0.422 e. The SMILES string of the molecule is CCN(CC)c1ccc2cc(C(=O)C3(c4nc5ccccc5[nH]4)N=c4ccccc4=N3)c(=O)oc2c1. The minimum Gasteiger partial charge on any atom is -0.422 e. The van der Waals surface area contributed by atoms with E-state index in [4.69, 9.17) is 14.4 Å². The Morgan fingerprint density at radius 2 is 1.64 bits per heavy atom. The number of Topliss-reactive ketones (excluding diaryl/α,β-unsaturated/α-hetero) is 1. The minimum atomic E-state index is -1.76. The summed E-state index contributed by atoms with van der Waals surface area (Å²) in [6.45, 7) is 5.78. The van der Waals surface area contributed by atoms with E-state index in [2.05, 4.69) is 28.7 Å². The number of benzene rings is 3. The Labute approximate surface area is 205 Å². The van der Waals surface area contributed by atoms with Gasteiger partial charge in [0.25, 0.3) is 5.66 Å². The summed E-state index contributed by atoms with van der Waals surface area (Å²) in [5.74, 6) is -0.345. The Balaban J connectivity index is 1.54.